The van der Waals surface area contributed by atoms with Gasteiger partial charge < -0.3 is 29.4 Å². The molecule has 0 aliphatic carbocycles. The Kier molecular flexibility index (Phi) is 7.22. The van der Waals surface area contributed by atoms with Crippen molar-refractivity contribution in [1.82, 2.24) is 5.32 Å². The summed E-state index contributed by atoms with van der Waals surface area (Å²) >= 11 is 0. The highest BCUT2D eigenvalue weighted by molar-refractivity contribution is 5.83. The molecule has 0 fully saturated rings. The number of phenols is 1. The van der Waals surface area contributed by atoms with Crippen LogP contribution in [-0.2, 0) is 16.0 Å². The lowest BCUT2D eigenvalue weighted by Gasteiger charge is -2.19. The number of aromatic hydroxyl groups is 1. The molecule has 3 N–H and O–H groups in total. The predicted molar refractivity (Wildman–Crippen MR) is 120 cm³/mol. The number of aryl methyl sites for hydroxylation is 1. The second-order valence-electron chi connectivity index (χ2n) is 7.51. The van der Waals surface area contributed by atoms with Crippen LogP contribution in [0.25, 0.3) is 11.0 Å². The van der Waals surface area contributed by atoms with E-state index in [9.17, 15) is 24.6 Å². The molecule has 0 bridgehead atoms. The van der Waals surface area contributed by atoms with Crippen LogP contribution in [0.2, 0.25) is 0 Å². The number of carboxylic acid groups (broad SMARTS) is 1. The summed E-state index contributed by atoms with van der Waals surface area (Å²) in [4.78, 5) is 36.5. The van der Waals surface area contributed by atoms with Gasteiger partial charge in [-0.05, 0) is 48.7 Å². The molecule has 174 valence electrons. The maximum absolute atomic E-state index is 12.7. The lowest BCUT2D eigenvalue weighted by molar-refractivity contribution is -0.137. The minimum Gasteiger partial charge on any atom is -0.508 e. The minimum atomic E-state index is -1.08. The van der Waals surface area contributed by atoms with Crippen LogP contribution in [-0.4, -0.2) is 36.3 Å². The first-order valence-electron chi connectivity index (χ1n) is 10.2. The SMILES string of the molecule is COc1ccc([C@H](CC(=O)O)NC(=O)CCc2c(C)c3ccc(O)cc3oc2=O)cc1OC. The molecule has 0 saturated carbocycles. The fourth-order valence-electron chi connectivity index (χ4n) is 3.67. The van der Waals surface area contributed by atoms with Crippen LogP contribution >= 0.6 is 0 Å². The topological polar surface area (TPSA) is 135 Å². The molecule has 1 heterocycles. The number of carbonyl (C=O) groups excluding carboxylic acids is 1. The molecule has 0 aliphatic rings. The number of rotatable bonds is 9. The maximum Gasteiger partial charge on any atom is 0.339 e. The Balaban J connectivity index is 1.78. The Labute approximate surface area is 189 Å². The lowest BCUT2D eigenvalue weighted by atomic mass is 10.0. The van der Waals surface area contributed by atoms with Crippen LogP contribution in [0.1, 0.15) is 35.6 Å². The maximum atomic E-state index is 12.7. The van der Waals surface area contributed by atoms with Crippen molar-refractivity contribution in [3.05, 3.63) is 63.5 Å². The number of hydrogen-bond acceptors (Lipinski definition) is 7. The summed E-state index contributed by atoms with van der Waals surface area (Å²) in [5.74, 6) is -0.620. The first-order chi connectivity index (χ1) is 15.7. The van der Waals surface area contributed by atoms with Crippen molar-refractivity contribution in [2.75, 3.05) is 14.2 Å². The number of carbonyl (C=O) groups is 2. The molecule has 3 aromatic rings. The number of hydrogen-bond donors (Lipinski definition) is 3. The van der Waals surface area contributed by atoms with Gasteiger partial charge in [0.15, 0.2) is 11.5 Å². The summed E-state index contributed by atoms with van der Waals surface area (Å²) < 4.78 is 15.8. The van der Waals surface area contributed by atoms with Crippen LogP contribution in [0.4, 0.5) is 0 Å². The van der Waals surface area contributed by atoms with Gasteiger partial charge in [0.1, 0.15) is 11.3 Å². The molecule has 0 unspecified atom stereocenters. The zero-order valence-electron chi connectivity index (χ0n) is 18.5. The van der Waals surface area contributed by atoms with E-state index in [1.807, 2.05) is 0 Å². The largest absolute Gasteiger partial charge is 0.508 e. The third kappa shape index (κ3) is 5.43. The monoisotopic (exact) mass is 455 g/mol. The van der Waals surface area contributed by atoms with E-state index < -0.39 is 23.5 Å². The molecular formula is C24H25NO8. The van der Waals surface area contributed by atoms with Crippen molar-refractivity contribution in [2.45, 2.75) is 32.2 Å². The molecule has 0 radical (unpaired) electrons. The van der Waals surface area contributed by atoms with E-state index in [4.69, 9.17) is 13.9 Å². The Morgan fingerprint density at radius 1 is 1.09 bits per heavy atom. The highest BCUT2D eigenvalue weighted by Gasteiger charge is 2.21. The van der Waals surface area contributed by atoms with Crippen molar-refractivity contribution < 1.29 is 33.7 Å². The van der Waals surface area contributed by atoms with Gasteiger partial charge in [-0.2, -0.15) is 0 Å². The molecule has 0 aliphatic heterocycles. The van der Waals surface area contributed by atoms with Crippen LogP contribution in [0, 0.1) is 6.92 Å². The Morgan fingerprint density at radius 3 is 2.48 bits per heavy atom. The molecule has 0 spiro atoms. The number of fused-ring (bicyclic) bond motifs is 1. The van der Waals surface area contributed by atoms with Gasteiger partial charge >= 0.3 is 11.6 Å². The zero-order valence-corrected chi connectivity index (χ0v) is 18.5. The number of phenolic OH excluding ortho intramolecular Hbond substituents is 1. The molecular weight excluding hydrogens is 430 g/mol. The molecule has 1 amide bonds. The van der Waals surface area contributed by atoms with Crippen LogP contribution in [0.15, 0.2) is 45.6 Å². The molecule has 3 rings (SSSR count). The molecule has 33 heavy (non-hydrogen) atoms. The van der Waals surface area contributed by atoms with Gasteiger partial charge in [-0.3, -0.25) is 9.59 Å². The average molecular weight is 455 g/mol. The third-order valence-corrected chi connectivity index (χ3v) is 5.40. The summed E-state index contributed by atoms with van der Waals surface area (Å²) in [6.45, 7) is 1.75. The van der Waals surface area contributed by atoms with Gasteiger partial charge in [-0.15, -0.1) is 0 Å². The third-order valence-electron chi connectivity index (χ3n) is 5.40. The number of benzene rings is 2. The fourth-order valence-corrected chi connectivity index (χ4v) is 3.67. The van der Waals surface area contributed by atoms with Crippen molar-refractivity contribution in [2.24, 2.45) is 0 Å². The Bertz CT molecular complexity index is 1250. The van der Waals surface area contributed by atoms with E-state index in [1.54, 1.807) is 31.2 Å². The second-order valence-corrected chi connectivity index (χ2v) is 7.51. The van der Waals surface area contributed by atoms with E-state index in [0.717, 1.165) is 0 Å². The van der Waals surface area contributed by atoms with Crippen molar-refractivity contribution in [1.29, 1.82) is 0 Å². The van der Waals surface area contributed by atoms with Crippen molar-refractivity contribution in [3.63, 3.8) is 0 Å². The summed E-state index contributed by atoms with van der Waals surface area (Å²) in [6.07, 6.45) is -0.261. The molecule has 1 aromatic heterocycles. The number of ether oxygens (including phenoxy) is 2. The van der Waals surface area contributed by atoms with Crippen LogP contribution in [0.3, 0.4) is 0 Å². The number of aliphatic carboxylic acids is 1. The standard InChI is InChI=1S/C24H25NO8/c1-13-16-6-5-15(26)11-20(16)33-24(30)17(13)7-9-22(27)25-18(12-23(28)29)14-4-8-19(31-2)21(10-14)32-3/h4-6,8,10-11,18,26H,7,9,12H2,1-3H3,(H,25,27)(H,28,29)/t18-/m0/s1. The number of carboxylic acids is 1. The van der Waals surface area contributed by atoms with E-state index in [0.29, 0.717) is 33.6 Å². The summed E-state index contributed by atoms with van der Waals surface area (Å²) in [6, 6.07) is 8.61. The number of nitrogens with one attached hydrogen (secondary N) is 1. The van der Waals surface area contributed by atoms with Crippen LogP contribution in [0.5, 0.6) is 17.2 Å². The minimum absolute atomic E-state index is 0.0168. The molecule has 9 nitrogen and oxygen atoms in total. The lowest BCUT2D eigenvalue weighted by Crippen LogP contribution is -2.30. The molecule has 1 atom stereocenters. The first-order valence-corrected chi connectivity index (χ1v) is 10.2. The highest BCUT2D eigenvalue weighted by atomic mass is 16.5. The van der Waals surface area contributed by atoms with Crippen molar-refractivity contribution in [3.8, 4) is 17.2 Å². The Hall–Kier alpha value is -4.01. The van der Waals surface area contributed by atoms with E-state index >= 15 is 0 Å². The van der Waals surface area contributed by atoms with Gasteiger partial charge in [-0.25, -0.2) is 4.79 Å². The van der Waals surface area contributed by atoms with E-state index in [2.05, 4.69) is 5.32 Å². The van der Waals surface area contributed by atoms with Gasteiger partial charge in [-0.1, -0.05) is 6.07 Å². The highest BCUT2D eigenvalue weighted by Crippen LogP contribution is 2.31. The van der Waals surface area contributed by atoms with Gasteiger partial charge in [0.25, 0.3) is 0 Å². The normalized spacial score (nSPS) is 11.7. The first kappa shape index (κ1) is 23.6. The molecule has 0 saturated heterocycles. The summed E-state index contributed by atoms with van der Waals surface area (Å²) in [5, 5.41) is 22.3. The van der Waals surface area contributed by atoms with Crippen molar-refractivity contribution >= 4 is 22.8 Å². The molecule has 9 heteroatoms. The number of methoxy groups -OCH3 is 2. The van der Waals surface area contributed by atoms with E-state index in [-0.39, 0.29) is 30.6 Å². The quantitative estimate of drug-likeness (QED) is 0.419. The number of amides is 1. The fraction of sp³-hybridized carbons (Fsp3) is 0.292. The van der Waals surface area contributed by atoms with Gasteiger partial charge in [0.2, 0.25) is 5.91 Å². The molecule has 2 aromatic carbocycles. The van der Waals surface area contributed by atoms with Gasteiger partial charge in [0, 0.05) is 23.4 Å². The summed E-state index contributed by atoms with van der Waals surface area (Å²) in [5.41, 5.74) is 1.24. The van der Waals surface area contributed by atoms with Crippen LogP contribution < -0.4 is 20.4 Å². The Morgan fingerprint density at radius 2 is 1.82 bits per heavy atom. The predicted octanol–water partition coefficient (Wildman–Crippen LogP) is 3.09. The van der Waals surface area contributed by atoms with E-state index in [1.165, 1.54) is 26.4 Å². The zero-order chi connectivity index (χ0) is 24.1. The van der Waals surface area contributed by atoms with Gasteiger partial charge in [0.05, 0.1) is 26.7 Å². The average Bonchev–Trinajstić information content (AvgIpc) is 2.77. The smallest absolute Gasteiger partial charge is 0.339 e. The second kappa shape index (κ2) is 10.1. The summed E-state index contributed by atoms with van der Waals surface area (Å²) in [7, 11) is 2.95.